The molecule has 1 aromatic carbocycles. The van der Waals surface area contributed by atoms with Crippen LogP contribution in [0.1, 0.15) is 19.3 Å². The summed E-state index contributed by atoms with van der Waals surface area (Å²) in [6.45, 7) is 0.364. The fourth-order valence-electron chi connectivity index (χ4n) is 3.49. The first-order valence-corrected chi connectivity index (χ1v) is 10.8. The van der Waals surface area contributed by atoms with E-state index in [4.69, 9.17) is 4.74 Å². The van der Waals surface area contributed by atoms with E-state index in [0.717, 1.165) is 18.1 Å². The number of ether oxygens (including phenoxy) is 1. The van der Waals surface area contributed by atoms with Crippen molar-refractivity contribution >= 4 is 37.3 Å². The minimum absolute atomic E-state index is 0.0486. The number of sulfone groups is 1. The normalized spacial score (nSPS) is 17.2. The van der Waals surface area contributed by atoms with Gasteiger partial charge in [-0.05, 0) is 30.0 Å². The number of hydrogen-bond donors (Lipinski definition) is 2. The number of aromatic amines is 1. The molecular formula is C19H19N3O5S. The summed E-state index contributed by atoms with van der Waals surface area (Å²) in [5, 5.41) is 4.86. The van der Waals surface area contributed by atoms with Gasteiger partial charge in [0.15, 0.2) is 9.84 Å². The van der Waals surface area contributed by atoms with Gasteiger partial charge in [-0.3, -0.25) is 9.59 Å². The highest BCUT2D eigenvalue weighted by Gasteiger charge is 2.21. The zero-order valence-electron chi connectivity index (χ0n) is 15.2. The molecule has 1 amide bonds. The van der Waals surface area contributed by atoms with Crippen LogP contribution in [-0.2, 0) is 14.6 Å². The fraction of sp³-hybridized carbons (Fsp3) is 0.316. The first kappa shape index (κ1) is 18.4. The molecule has 0 aliphatic carbocycles. The summed E-state index contributed by atoms with van der Waals surface area (Å²) in [5.74, 6) is 0.418. The monoisotopic (exact) mass is 401 g/mol. The van der Waals surface area contributed by atoms with Crippen LogP contribution in [0.5, 0.6) is 5.88 Å². The summed E-state index contributed by atoms with van der Waals surface area (Å²) in [4.78, 5) is 30.3. The molecule has 146 valence electrons. The van der Waals surface area contributed by atoms with Crippen molar-refractivity contribution < 1.29 is 17.9 Å². The van der Waals surface area contributed by atoms with Crippen LogP contribution in [0.3, 0.4) is 0 Å². The molecule has 0 spiro atoms. The molecule has 1 aliphatic rings. The van der Waals surface area contributed by atoms with Gasteiger partial charge in [-0.25, -0.2) is 13.4 Å². The Bertz CT molecular complexity index is 1250. The smallest absolute Gasteiger partial charge is 0.255 e. The molecule has 3 aromatic rings. The Morgan fingerprint density at radius 1 is 1.21 bits per heavy atom. The number of rotatable bonds is 5. The Morgan fingerprint density at radius 2 is 2.04 bits per heavy atom. The highest BCUT2D eigenvalue weighted by Crippen LogP contribution is 2.30. The second-order valence-electron chi connectivity index (χ2n) is 6.93. The predicted molar refractivity (Wildman–Crippen MR) is 104 cm³/mol. The molecule has 1 aliphatic heterocycles. The minimum Gasteiger partial charge on any atom is -0.477 e. The Balaban J connectivity index is 1.74. The number of carbonyl (C=O) groups excluding carboxylic acids is 1. The van der Waals surface area contributed by atoms with Gasteiger partial charge >= 0.3 is 0 Å². The Hall–Kier alpha value is -2.94. The lowest BCUT2D eigenvalue weighted by molar-refractivity contribution is -0.119. The Labute approximate surface area is 160 Å². The van der Waals surface area contributed by atoms with E-state index in [1.165, 1.54) is 6.20 Å². The molecule has 2 aromatic heterocycles. The lowest BCUT2D eigenvalue weighted by Gasteiger charge is -2.13. The van der Waals surface area contributed by atoms with Crippen LogP contribution in [0.15, 0.2) is 40.3 Å². The van der Waals surface area contributed by atoms with Gasteiger partial charge < -0.3 is 15.0 Å². The summed E-state index contributed by atoms with van der Waals surface area (Å²) in [5.41, 5.74) is -0.361. The number of H-pyrrole nitrogens is 1. The van der Waals surface area contributed by atoms with E-state index in [9.17, 15) is 18.0 Å². The molecule has 3 heterocycles. The zero-order chi connectivity index (χ0) is 19.9. The largest absolute Gasteiger partial charge is 0.477 e. The van der Waals surface area contributed by atoms with Crippen molar-refractivity contribution in [1.82, 2.24) is 15.3 Å². The highest BCUT2D eigenvalue weighted by atomic mass is 32.2. The maximum absolute atomic E-state index is 12.2. The zero-order valence-corrected chi connectivity index (χ0v) is 16.0. The summed E-state index contributed by atoms with van der Waals surface area (Å²) in [6.07, 6.45) is 5.87. The van der Waals surface area contributed by atoms with Crippen molar-refractivity contribution in [2.24, 2.45) is 0 Å². The van der Waals surface area contributed by atoms with E-state index in [2.05, 4.69) is 15.3 Å². The second-order valence-corrected chi connectivity index (χ2v) is 8.91. The quantitative estimate of drug-likeness (QED) is 0.626. The number of hydrogen-bond acceptors (Lipinski definition) is 6. The van der Waals surface area contributed by atoms with Crippen LogP contribution in [0.25, 0.3) is 21.5 Å². The molecule has 28 heavy (non-hydrogen) atoms. The topological polar surface area (TPSA) is 118 Å². The third kappa shape index (κ3) is 3.45. The number of nitrogens with one attached hydrogen (secondary N) is 2. The van der Waals surface area contributed by atoms with E-state index in [1.54, 1.807) is 24.4 Å². The molecule has 0 bridgehead atoms. The van der Waals surface area contributed by atoms with Gasteiger partial charge in [0.25, 0.3) is 5.56 Å². The van der Waals surface area contributed by atoms with E-state index in [1.807, 2.05) is 0 Å². The average molecular weight is 401 g/mol. The molecular weight excluding hydrogens is 382 g/mol. The first-order chi connectivity index (χ1) is 13.3. The number of carbonyl (C=O) groups is 1. The van der Waals surface area contributed by atoms with E-state index >= 15 is 0 Å². The number of fused-ring (bicyclic) bond motifs is 2. The lowest BCUT2D eigenvalue weighted by Crippen LogP contribution is -2.26. The van der Waals surface area contributed by atoms with Crippen LogP contribution in [0, 0.1) is 0 Å². The van der Waals surface area contributed by atoms with Crippen LogP contribution in [-0.4, -0.2) is 43.2 Å². The van der Waals surface area contributed by atoms with Gasteiger partial charge in [-0.1, -0.05) is 0 Å². The van der Waals surface area contributed by atoms with Crippen molar-refractivity contribution in [2.75, 3.05) is 12.9 Å². The van der Waals surface area contributed by atoms with E-state index < -0.39 is 9.84 Å². The standard InChI is InChI=1S/C19H19N3O5S/c1-28(25,26)16-10-21-18(24)15-8-11-4-6-20-19(13(11)9-14(15)16)27-7-5-12-2-3-17(23)22-12/h4,6,8-10,12H,2-3,5,7H2,1H3,(H,21,24)(H,22,23)/t12-/m0/s1. The molecule has 1 saturated heterocycles. The molecule has 2 N–H and O–H groups in total. The number of aromatic nitrogens is 2. The summed E-state index contributed by atoms with van der Waals surface area (Å²) in [7, 11) is -3.53. The van der Waals surface area contributed by atoms with Crippen LogP contribution < -0.4 is 15.6 Å². The summed E-state index contributed by atoms with van der Waals surface area (Å²) < 4.78 is 30.1. The van der Waals surface area contributed by atoms with Crippen molar-refractivity contribution in [1.29, 1.82) is 0 Å². The Kier molecular flexibility index (Phi) is 4.54. The highest BCUT2D eigenvalue weighted by molar-refractivity contribution is 7.91. The Morgan fingerprint density at radius 3 is 2.75 bits per heavy atom. The van der Waals surface area contributed by atoms with Gasteiger partial charge in [-0.2, -0.15) is 0 Å². The average Bonchev–Trinajstić information content (AvgIpc) is 3.05. The number of pyridine rings is 2. The van der Waals surface area contributed by atoms with Gasteiger partial charge in [0.2, 0.25) is 11.8 Å². The summed E-state index contributed by atoms with van der Waals surface area (Å²) in [6, 6.07) is 5.12. The van der Waals surface area contributed by atoms with Gasteiger partial charge in [0, 0.05) is 53.7 Å². The molecule has 8 nitrogen and oxygen atoms in total. The SMILES string of the molecule is CS(=O)(=O)c1c[nH]c(=O)c2cc3ccnc(OCC[C@@H]4CCC(=O)N4)c3cc12. The molecule has 0 radical (unpaired) electrons. The maximum atomic E-state index is 12.2. The van der Waals surface area contributed by atoms with Crippen molar-refractivity contribution in [2.45, 2.75) is 30.2 Å². The molecule has 1 atom stereocenters. The van der Waals surface area contributed by atoms with Gasteiger partial charge in [0.1, 0.15) is 0 Å². The predicted octanol–water partition coefficient (Wildman–Crippen LogP) is 1.53. The van der Waals surface area contributed by atoms with Gasteiger partial charge in [0.05, 0.1) is 11.5 Å². The first-order valence-electron chi connectivity index (χ1n) is 8.89. The van der Waals surface area contributed by atoms with Gasteiger partial charge in [-0.15, -0.1) is 0 Å². The maximum Gasteiger partial charge on any atom is 0.255 e. The van der Waals surface area contributed by atoms with Crippen molar-refractivity contribution in [3.8, 4) is 5.88 Å². The number of nitrogens with zero attached hydrogens (tertiary/aromatic N) is 1. The fourth-order valence-corrected chi connectivity index (χ4v) is 4.33. The lowest BCUT2D eigenvalue weighted by atomic mass is 10.1. The van der Waals surface area contributed by atoms with Crippen LogP contribution >= 0.6 is 0 Å². The van der Waals surface area contributed by atoms with Crippen molar-refractivity contribution in [3.05, 3.63) is 40.9 Å². The molecule has 9 heteroatoms. The molecule has 0 saturated carbocycles. The minimum atomic E-state index is -3.53. The number of amides is 1. The van der Waals surface area contributed by atoms with Crippen LogP contribution in [0.4, 0.5) is 0 Å². The summed E-state index contributed by atoms with van der Waals surface area (Å²) >= 11 is 0. The second kappa shape index (κ2) is 6.90. The van der Waals surface area contributed by atoms with E-state index in [0.29, 0.717) is 41.5 Å². The molecule has 0 unspecified atom stereocenters. The molecule has 4 rings (SSSR count). The van der Waals surface area contributed by atoms with Crippen molar-refractivity contribution in [3.63, 3.8) is 0 Å². The third-order valence-electron chi connectivity index (χ3n) is 4.90. The molecule has 1 fully saturated rings. The third-order valence-corrected chi connectivity index (χ3v) is 6.04. The number of benzene rings is 1. The van der Waals surface area contributed by atoms with Crippen LogP contribution in [0.2, 0.25) is 0 Å². The van der Waals surface area contributed by atoms with E-state index in [-0.39, 0.29) is 22.4 Å².